The first-order valence-corrected chi connectivity index (χ1v) is 8.34. The van der Waals surface area contributed by atoms with Crippen LogP contribution in [0.1, 0.15) is 26.2 Å². The van der Waals surface area contributed by atoms with Gasteiger partial charge in [-0.2, -0.15) is 0 Å². The maximum atomic E-state index is 4.35. The molecule has 1 N–H and O–H groups in total. The van der Waals surface area contributed by atoms with E-state index in [0.717, 1.165) is 50.6 Å². The van der Waals surface area contributed by atoms with Crippen molar-refractivity contribution in [3.8, 4) is 0 Å². The summed E-state index contributed by atoms with van der Waals surface area (Å²) in [6, 6.07) is 2.62. The Morgan fingerprint density at radius 2 is 1.90 bits per heavy atom. The molecule has 5 heteroatoms. The Morgan fingerprint density at radius 3 is 2.62 bits per heavy atom. The van der Waals surface area contributed by atoms with E-state index in [1.54, 1.807) is 0 Å². The van der Waals surface area contributed by atoms with Crippen LogP contribution >= 0.6 is 0 Å². The smallest absolute Gasteiger partial charge is 0.225 e. The molecule has 1 saturated carbocycles. The molecule has 0 spiro atoms. The maximum Gasteiger partial charge on any atom is 0.225 e. The van der Waals surface area contributed by atoms with Crippen LogP contribution in [-0.4, -0.2) is 60.2 Å². The Kier molecular flexibility index (Phi) is 5.04. The van der Waals surface area contributed by atoms with E-state index in [-0.39, 0.29) is 0 Å². The Morgan fingerprint density at radius 1 is 1.14 bits per heavy atom. The number of piperazine rings is 1. The van der Waals surface area contributed by atoms with Crippen LogP contribution in [0.2, 0.25) is 0 Å². The summed E-state index contributed by atoms with van der Waals surface area (Å²) in [5, 5.41) is 3.66. The summed E-state index contributed by atoms with van der Waals surface area (Å²) < 4.78 is 0. The van der Waals surface area contributed by atoms with Crippen molar-refractivity contribution in [3.63, 3.8) is 0 Å². The van der Waals surface area contributed by atoms with Crippen molar-refractivity contribution in [1.29, 1.82) is 0 Å². The largest absolute Gasteiger partial charge is 0.338 e. The molecule has 1 aromatic heterocycles. The predicted octanol–water partition coefficient (Wildman–Crippen LogP) is 1.38. The maximum absolute atomic E-state index is 4.35. The summed E-state index contributed by atoms with van der Waals surface area (Å²) in [4.78, 5) is 13.6. The number of hydrogen-bond acceptors (Lipinski definition) is 5. The van der Waals surface area contributed by atoms with Crippen LogP contribution in [0.4, 0.5) is 5.95 Å². The van der Waals surface area contributed by atoms with Crippen molar-refractivity contribution in [1.82, 2.24) is 20.2 Å². The molecule has 2 fully saturated rings. The Balaban J connectivity index is 1.47. The van der Waals surface area contributed by atoms with Crippen molar-refractivity contribution < 1.29 is 0 Å². The molecule has 0 bridgehead atoms. The number of nitrogens with one attached hydrogen (secondary N) is 1. The zero-order chi connectivity index (χ0) is 14.5. The topological polar surface area (TPSA) is 44.3 Å². The van der Waals surface area contributed by atoms with Gasteiger partial charge in [0.15, 0.2) is 0 Å². The minimum atomic E-state index is 0.741. The SMILES string of the molecule is CCNC1CCCC1CN1CCN(c2ncccn2)CC1. The lowest BCUT2D eigenvalue weighted by molar-refractivity contribution is 0.203. The van der Waals surface area contributed by atoms with Gasteiger partial charge in [-0.25, -0.2) is 9.97 Å². The Bertz CT molecular complexity index is 416. The van der Waals surface area contributed by atoms with E-state index in [9.17, 15) is 0 Å². The summed E-state index contributed by atoms with van der Waals surface area (Å²) >= 11 is 0. The monoisotopic (exact) mass is 289 g/mol. The third-order valence-electron chi connectivity index (χ3n) is 4.83. The first-order valence-electron chi connectivity index (χ1n) is 8.34. The molecule has 116 valence electrons. The fourth-order valence-corrected chi connectivity index (χ4v) is 3.70. The normalized spacial score (nSPS) is 27.2. The molecule has 5 nitrogen and oxygen atoms in total. The summed E-state index contributed by atoms with van der Waals surface area (Å²) in [6.45, 7) is 8.92. The van der Waals surface area contributed by atoms with E-state index in [4.69, 9.17) is 0 Å². The van der Waals surface area contributed by atoms with Crippen LogP contribution < -0.4 is 10.2 Å². The first kappa shape index (κ1) is 14.7. The molecular weight excluding hydrogens is 262 g/mol. The fraction of sp³-hybridized carbons (Fsp3) is 0.750. The second-order valence-electron chi connectivity index (χ2n) is 6.19. The first-order chi connectivity index (χ1) is 10.4. The van der Waals surface area contributed by atoms with Gasteiger partial charge in [-0.15, -0.1) is 0 Å². The molecule has 2 atom stereocenters. The van der Waals surface area contributed by atoms with Gasteiger partial charge >= 0.3 is 0 Å². The lowest BCUT2D eigenvalue weighted by Gasteiger charge is -2.36. The molecule has 1 aliphatic carbocycles. The molecule has 2 unspecified atom stereocenters. The highest BCUT2D eigenvalue weighted by molar-refractivity contribution is 5.29. The van der Waals surface area contributed by atoms with Crippen molar-refractivity contribution in [2.24, 2.45) is 5.92 Å². The van der Waals surface area contributed by atoms with Crippen LogP contribution in [-0.2, 0) is 0 Å². The zero-order valence-corrected chi connectivity index (χ0v) is 13.0. The summed E-state index contributed by atoms with van der Waals surface area (Å²) in [5.74, 6) is 1.72. The minimum absolute atomic E-state index is 0.741. The van der Waals surface area contributed by atoms with E-state index < -0.39 is 0 Å². The van der Waals surface area contributed by atoms with Crippen molar-refractivity contribution in [3.05, 3.63) is 18.5 Å². The average molecular weight is 289 g/mol. The minimum Gasteiger partial charge on any atom is -0.338 e. The lowest BCUT2D eigenvalue weighted by Crippen LogP contribution is -2.49. The molecule has 0 amide bonds. The molecule has 1 saturated heterocycles. The van der Waals surface area contributed by atoms with Gasteiger partial charge in [0.1, 0.15) is 0 Å². The van der Waals surface area contributed by atoms with Crippen LogP contribution in [0.25, 0.3) is 0 Å². The molecule has 2 aliphatic rings. The average Bonchev–Trinajstić information content (AvgIpc) is 2.96. The van der Waals surface area contributed by atoms with E-state index >= 15 is 0 Å². The van der Waals surface area contributed by atoms with Gasteiger partial charge in [0.2, 0.25) is 5.95 Å². The van der Waals surface area contributed by atoms with Gasteiger partial charge in [0.05, 0.1) is 0 Å². The van der Waals surface area contributed by atoms with E-state index in [1.807, 2.05) is 18.5 Å². The second kappa shape index (κ2) is 7.18. The summed E-state index contributed by atoms with van der Waals surface area (Å²) in [7, 11) is 0. The lowest BCUT2D eigenvalue weighted by atomic mass is 10.0. The number of anilines is 1. The molecular formula is C16H27N5. The molecule has 2 heterocycles. The van der Waals surface area contributed by atoms with Gasteiger partial charge in [0, 0.05) is 51.2 Å². The quantitative estimate of drug-likeness (QED) is 0.887. The number of aromatic nitrogens is 2. The van der Waals surface area contributed by atoms with Gasteiger partial charge in [0.25, 0.3) is 0 Å². The number of hydrogen-bond donors (Lipinski definition) is 1. The van der Waals surface area contributed by atoms with Crippen LogP contribution in [0.15, 0.2) is 18.5 Å². The standard InChI is InChI=1S/C16H27N5/c1-2-17-15-6-3-5-14(15)13-20-9-11-21(12-10-20)16-18-7-4-8-19-16/h4,7-8,14-15,17H,2-3,5-6,9-13H2,1H3. The molecule has 0 radical (unpaired) electrons. The Labute approximate surface area is 127 Å². The van der Waals surface area contributed by atoms with Crippen LogP contribution in [0.5, 0.6) is 0 Å². The third-order valence-corrected chi connectivity index (χ3v) is 4.83. The van der Waals surface area contributed by atoms with Gasteiger partial charge in [-0.3, -0.25) is 4.90 Å². The highest BCUT2D eigenvalue weighted by atomic mass is 15.3. The van der Waals surface area contributed by atoms with E-state index in [1.165, 1.54) is 25.8 Å². The third kappa shape index (κ3) is 3.71. The predicted molar refractivity (Wildman–Crippen MR) is 85.5 cm³/mol. The molecule has 21 heavy (non-hydrogen) atoms. The molecule has 3 rings (SSSR count). The molecule has 1 aliphatic heterocycles. The van der Waals surface area contributed by atoms with E-state index in [0.29, 0.717) is 0 Å². The number of rotatable bonds is 5. The highest BCUT2D eigenvalue weighted by Crippen LogP contribution is 2.27. The van der Waals surface area contributed by atoms with Crippen molar-refractivity contribution in [2.75, 3.05) is 44.2 Å². The van der Waals surface area contributed by atoms with E-state index in [2.05, 4.69) is 32.0 Å². The van der Waals surface area contributed by atoms with Crippen LogP contribution in [0.3, 0.4) is 0 Å². The summed E-state index contributed by atoms with van der Waals surface area (Å²) in [6.07, 6.45) is 7.79. The highest BCUT2D eigenvalue weighted by Gasteiger charge is 2.29. The zero-order valence-electron chi connectivity index (χ0n) is 13.0. The number of nitrogens with zero attached hydrogens (tertiary/aromatic N) is 4. The fourth-order valence-electron chi connectivity index (χ4n) is 3.70. The van der Waals surface area contributed by atoms with Gasteiger partial charge in [-0.05, 0) is 31.4 Å². The second-order valence-corrected chi connectivity index (χ2v) is 6.19. The van der Waals surface area contributed by atoms with Crippen LogP contribution in [0, 0.1) is 5.92 Å². The molecule has 1 aromatic rings. The Hall–Kier alpha value is -1.20. The van der Waals surface area contributed by atoms with Gasteiger partial charge in [-0.1, -0.05) is 13.3 Å². The van der Waals surface area contributed by atoms with Crippen molar-refractivity contribution >= 4 is 5.95 Å². The summed E-state index contributed by atoms with van der Waals surface area (Å²) in [5.41, 5.74) is 0. The molecule has 0 aromatic carbocycles. The van der Waals surface area contributed by atoms with Gasteiger partial charge < -0.3 is 10.2 Å². The van der Waals surface area contributed by atoms with Crippen molar-refractivity contribution in [2.45, 2.75) is 32.2 Å².